The molecule has 8 heteroatoms. The van der Waals surface area contributed by atoms with E-state index in [0.717, 1.165) is 11.3 Å². The lowest BCUT2D eigenvalue weighted by molar-refractivity contribution is -0.384. The number of anilines is 1. The third-order valence-corrected chi connectivity index (χ3v) is 5.31. The van der Waals surface area contributed by atoms with Gasteiger partial charge in [0.1, 0.15) is 11.4 Å². The number of nitrogens with zero attached hydrogens (tertiary/aromatic N) is 3. The van der Waals surface area contributed by atoms with Crippen LogP contribution in [0.3, 0.4) is 0 Å². The van der Waals surface area contributed by atoms with Crippen molar-refractivity contribution in [3.63, 3.8) is 0 Å². The maximum atomic E-state index is 12.6. The normalized spacial score (nSPS) is 15.6. The first kappa shape index (κ1) is 20.6. The molecule has 0 radical (unpaired) electrons. The summed E-state index contributed by atoms with van der Waals surface area (Å²) in [5.41, 5.74) is 1.67. The van der Waals surface area contributed by atoms with E-state index in [2.05, 4.69) is 10.2 Å². The Morgan fingerprint density at radius 2 is 1.79 bits per heavy atom. The minimum Gasteiger partial charge on any atom is -0.496 e. The number of ether oxygens (including phenoxy) is 1. The van der Waals surface area contributed by atoms with Gasteiger partial charge in [-0.1, -0.05) is 30.3 Å². The third kappa shape index (κ3) is 4.83. The van der Waals surface area contributed by atoms with E-state index < -0.39 is 0 Å². The Bertz CT molecular complexity index is 865. The predicted molar refractivity (Wildman–Crippen MR) is 111 cm³/mol. The van der Waals surface area contributed by atoms with Crippen LogP contribution in [0.15, 0.2) is 48.5 Å². The molecular weight excluding hydrogens is 372 g/mol. The number of rotatable bonds is 7. The standard InChI is InChI=1S/C21H26N4O4/c1-16(21(26)22-15-17-7-3-6-10-20(17)29-2)23-11-13-24(14-12-23)18-8-4-5-9-19(18)25(27)28/h3-10,16H,11-15H2,1-2H3,(H,22,26). The molecule has 1 unspecified atom stereocenters. The zero-order valence-corrected chi connectivity index (χ0v) is 16.7. The van der Waals surface area contributed by atoms with Crippen LogP contribution >= 0.6 is 0 Å². The van der Waals surface area contributed by atoms with Crippen molar-refractivity contribution in [3.05, 3.63) is 64.2 Å². The number of piperazine rings is 1. The van der Waals surface area contributed by atoms with E-state index in [1.54, 1.807) is 19.2 Å². The van der Waals surface area contributed by atoms with Gasteiger partial charge in [0, 0.05) is 44.4 Å². The molecule has 0 aromatic heterocycles. The molecule has 1 aliphatic rings. The van der Waals surface area contributed by atoms with Gasteiger partial charge in [-0.25, -0.2) is 0 Å². The summed E-state index contributed by atoms with van der Waals surface area (Å²) in [5, 5.41) is 14.2. The largest absolute Gasteiger partial charge is 0.496 e. The van der Waals surface area contributed by atoms with Crippen molar-refractivity contribution in [2.75, 3.05) is 38.2 Å². The Morgan fingerprint density at radius 3 is 2.48 bits per heavy atom. The number of nitro groups is 1. The molecule has 29 heavy (non-hydrogen) atoms. The molecule has 1 N–H and O–H groups in total. The molecule has 1 heterocycles. The second kappa shape index (κ2) is 9.38. The molecule has 154 valence electrons. The Labute approximate surface area is 170 Å². The number of hydrogen-bond donors (Lipinski definition) is 1. The molecule has 0 aliphatic carbocycles. The fourth-order valence-electron chi connectivity index (χ4n) is 3.58. The second-order valence-electron chi connectivity index (χ2n) is 6.97. The van der Waals surface area contributed by atoms with E-state index in [9.17, 15) is 14.9 Å². The number of carbonyl (C=O) groups excluding carboxylic acids is 1. The van der Waals surface area contributed by atoms with Gasteiger partial charge in [-0.2, -0.15) is 0 Å². The molecular formula is C21H26N4O4. The van der Waals surface area contributed by atoms with Crippen LogP contribution in [0, 0.1) is 10.1 Å². The highest BCUT2D eigenvalue weighted by molar-refractivity contribution is 5.81. The lowest BCUT2D eigenvalue weighted by Crippen LogP contribution is -2.54. The molecule has 0 spiro atoms. The Hall–Kier alpha value is -3.13. The predicted octanol–water partition coefficient (Wildman–Crippen LogP) is 2.43. The van der Waals surface area contributed by atoms with Crippen molar-refractivity contribution in [1.82, 2.24) is 10.2 Å². The monoisotopic (exact) mass is 398 g/mol. The van der Waals surface area contributed by atoms with Gasteiger partial charge < -0.3 is 15.0 Å². The number of hydrogen-bond acceptors (Lipinski definition) is 6. The average Bonchev–Trinajstić information content (AvgIpc) is 2.77. The average molecular weight is 398 g/mol. The topological polar surface area (TPSA) is 88.0 Å². The third-order valence-electron chi connectivity index (χ3n) is 5.31. The zero-order chi connectivity index (χ0) is 20.8. The van der Waals surface area contributed by atoms with Crippen molar-refractivity contribution in [3.8, 4) is 5.75 Å². The molecule has 1 aliphatic heterocycles. The molecule has 2 aromatic rings. The van der Waals surface area contributed by atoms with Crippen molar-refractivity contribution in [2.45, 2.75) is 19.5 Å². The summed E-state index contributed by atoms with van der Waals surface area (Å²) in [5.74, 6) is 0.702. The summed E-state index contributed by atoms with van der Waals surface area (Å²) in [6.45, 7) is 4.89. The van der Waals surface area contributed by atoms with E-state index >= 15 is 0 Å². The first-order valence-corrected chi connectivity index (χ1v) is 9.63. The molecule has 0 bridgehead atoms. The summed E-state index contributed by atoms with van der Waals surface area (Å²) in [7, 11) is 1.61. The second-order valence-corrected chi connectivity index (χ2v) is 6.97. The maximum Gasteiger partial charge on any atom is 0.292 e. The summed E-state index contributed by atoms with van der Waals surface area (Å²) < 4.78 is 5.32. The SMILES string of the molecule is COc1ccccc1CNC(=O)C(C)N1CCN(c2ccccc2[N+](=O)[O-])CC1. The van der Waals surface area contributed by atoms with E-state index in [1.807, 2.05) is 42.2 Å². The lowest BCUT2D eigenvalue weighted by atomic mass is 10.1. The number of methoxy groups -OCH3 is 1. The van der Waals surface area contributed by atoms with Crippen LogP contribution in [0.1, 0.15) is 12.5 Å². The van der Waals surface area contributed by atoms with Gasteiger partial charge >= 0.3 is 0 Å². The van der Waals surface area contributed by atoms with Crippen LogP contribution < -0.4 is 15.0 Å². The number of amides is 1. The first-order chi connectivity index (χ1) is 14.0. The molecule has 1 amide bonds. The zero-order valence-electron chi connectivity index (χ0n) is 16.7. The highest BCUT2D eigenvalue weighted by atomic mass is 16.6. The molecule has 1 saturated heterocycles. The lowest BCUT2D eigenvalue weighted by Gasteiger charge is -2.38. The van der Waals surface area contributed by atoms with Crippen LogP contribution in [0.25, 0.3) is 0 Å². The first-order valence-electron chi connectivity index (χ1n) is 9.63. The number of para-hydroxylation sites is 3. The van der Waals surface area contributed by atoms with Crippen molar-refractivity contribution in [1.29, 1.82) is 0 Å². The van der Waals surface area contributed by atoms with Crippen LogP contribution in [0.2, 0.25) is 0 Å². The Balaban J connectivity index is 1.55. The fraction of sp³-hybridized carbons (Fsp3) is 0.381. The van der Waals surface area contributed by atoms with E-state index in [-0.39, 0.29) is 22.6 Å². The quantitative estimate of drug-likeness (QED) is 0.569. The van der Waals surface area contributed by atoms with Crippen molar-refractivity contribution in [2.24, 2.45) is 0 Å². The van der Waals surface area contributed by atoms with Gasteiger partial charge in [0.15, 0.2) is 0 Å². The molecule has 0 saturated carbocycles. The van der Waals surface area contributed by atoms with Gasteiger partial charge in [-0.3, -0.25) is 19.8 Å². The summed E-state index contributed by atoms with van der Waals surface area (Å²) in [6.07, 6.45) is 0. The summed E-state index contributed by atoms with van der Waals surface area (Å²) in [6, 6.07) is 14.1. The number of benzene rings is 2. The highest BCUT2D eigenvalue weighted by Crippen LogP contribution is 2.28. The van der Waals surface area contributed by atoms with E-state index in [1.165, 1.54) is 6.07 Å². The maximum absolute atomic E-state index is 12.6. The van der Waals surface area contributed by atoms with Gasteiger partial charge in [-0.15, -0.1) is 0 Å². The van der Waals surface area contributed by atoms with Crippen LogP contribution in [0.5, 0.6) is 5.75 Å². The van der Waals surface area contributed by atoms with Gasteiger partial charge in [0.2, 0.25) is 5.91 Å². The molecule has 3 rings (SSSR count). The number of nitrogens with one attached hydrogen (secondary N) is 1. The number of nitro benzene ring substituents is 1. The molecule has 8 nitrogen and oxygen atoms in total. The minimum atomic E-state index is -0.352. The Morgan fingerprint density at radius 1 is 1.14 bits per heavy atom. The van der Waals surface area contributed by atoms with Crippen LogP contribution in [-0.2, 0) is 11.3 Å². The molecule has 1 atom stereocenters. The fourth-order valence-corrected chi connectivity index (χ4v) is 3.58. The molecule has 1 fully saturated rings. The number of carbonyl (C=O) groups is 1. The van der Waals surface area contributed by atoms with Crippen LogP contribution in [0.4, 0.5) is 11.4 Å². The van der Waals surface area contributed by atoms with Gasteiger partial charge in [0.25, 0.3) is 5.69 Å². The minimum absolute atomic E-state index is 0.0463. The van der Waals surface area contributed by atoms with Crippen LogP contribution in [-0.4, -0.2) is 55.1 Å². The molecule has 2 aromatic carbocycles. The summed E-state index contributed by atoms with van der Waals surface area (Å²) >= 11 is 0. The van der Waals surface area contributed by atoms with Crippen molar-refractivity contribution < 1.29 is 14.5 Å². The summed E-state index contributed by atoms with van der Waals surface area (Å²) in [4.78, 5) is 27.6. The smallest absolute Gasteiger partial charge is 0.292 e. The Kier molecular flexibility index (Phi) is 6.66. The van der Waals surface area contributed by atoms with Crippen molar-refractivity contribution >= 4 is 17.3 Å². The van der Waals surface area contributed by atoms with E-state index in [0.29, 0.717) is 38.4 Å². The van der Waals surface area contributed by atoms with Gasteiger partial charge in [-0.05, 0) is 19.1 Å². The van der Waals surface area contributed by atoms with Gasteiger partial charge in [0.05, 0.1) is 18.1 Å². The highest BCUT2D eigenvalue weighted by Gasteiger charge is 2.28. The van der Waals surface area contributed by atoms with E-state index in [4.69, 9.17) is 4.74 Å².